The van der Waals surface area contributed by atoms with Gasteiger partial charge in [-0.15, -0.1) is 0 Å². The van der Waals surface area contributed by atoms with E-state index >= 15 is 0 Å². The molecule has 1 N–H and O–H groups in total. The van der Waals surface area contributed by atoms with Crippen LogP contribution in [-0.2, 0) is 16.8 Å². The van der Waals surface area contributed by atoms with Crippen LogP contribution in [0.15, 0.2) is 48.5 Å². The van der Waals surface area contributed by atoms with Crippen LogP contribution in [0.4, 0.5) is 4.39 Å². The average Bonchev–Trinajstić information content (AvgIpc) is 2.47. The summed E-state index contributed by atoms with van der Waals surface area (Å²) in [5.74, 6) is -0.400. The molecule has 2 aromatic carbocycles. The Kier molecular flexibility index (Phi) is 4.16. The van der Waals surface area contributed by atoms with Gasteiger partial charge >= 0.3 is 0 Å². The summed E-state index contributed by atoms with van der Waals surface area (Å²) in [4.78, 5) is 12.6. The molecule has 0 radical (unpaired) electrons. The molecule has 2 nitrogen and oxygen atoms in total. The van der Waals surface area contributed by atoms with Crippen LogP contribution < -0.4 is 5.32 Å². The SMILES string of the molecule is O=C(NCc1ccc(Cl)cc1)C1(c2ccccc2F)CCC1. The van der Waals surface area contributed by atoms with E-state index in [0.29, 0.717) is 30.0 Å². The fraction of sp³-hybridized carbons (Fsp3) is 0.278. The summed E-state index contributed by atoms with van der Waals surface area (Å²) in [6.45, 7) is 0.423. The van der Waals surface area contributed by atoms with Gasteiger partial charge in [0.15, 0.2) is 0 Å². The number of halogens is 2. The van der Waals surface area contributed by atoms with Crippen molar-refractivity contribution in [2.75, 3.05) is 0 Å². The topological polar surface area (TPSA) is 29.1 Å². The number of hydrogen-bond donors (Lipinski definition) is 1. The maximum absolute atomic E-state index is 14.1. The highest BCUT2D eigenvalue weighted by atomic mass is 35.5. The lowest BCUT2D eigenvalue weighted by Gasteiger charge is -2.40. The van der Waals surface area contributed by atoms with E-state index in [1.54, 1.807) is 30.3 Å². The first kappa shape index (κ1) is 15.0. The highest BCUT2D eigenvalue weighted by molar-refractivity contribution is 6.30. The second-order valence-electron chi connectivity index (χ2n) is 5.72. The Morgan fingerprint density at radius 3 is 2.41 bits per heavy atom. The van der Waals surface area contributed by atoms with E-state index < -0.39 is 5.41 Å². The standard InChI is InChI=1S/C18H17ClFNO/c19-14-8-6-13(7-9-14)12-21-17(22)18(10-3-11-18)15-4-1-2-5-16(15)20/h1-2,4-9H,3,10-12H2,(H,21,22). The largest absolute Gasteiger partial charge is 0.351 e. The molecule has 1 fully saturated rings. The van der Waals surface area contributed by atoms with E-state index in [0.717, 1.165) is 12.0 Å². The Morgan fingerprint density at radius 1 is 1.14 bits per heavy atom. The van der Waals surface area contributed by atoms with E-state index in [4.69, 9.17) is 11.6 Å². The minimum atomic E-state index is -0.711. The Balaban J connectivity index is 1.75. The lowest BCUT2D eigenvalue weighted by molar-refractivity contribution is -0.130. The van der Waals surface area contributed by atoms with Crippen LogP contribution >= 0.6 is 11.6 Å². The van der Waals surface area contributed by atoms with Gasteiger partial charge in [0.25, 0.3) is 0 Å². The van der Waals surface area contributed by atoms with Crippen LogP contribution in [0.2, 0.25) is 5.02 Å². The maximum atomic E-state index is 14.1. The molecular formula is C18H17ClFNO. The van der Waals surface area contributed by atoms with Crippen LogP contribution in [-0.4, -0.2) is 5.91 Å². The average molecular weight is 318 g/mol. The normalized spacial score (nSPS) is 15.9. The molecule has 1 aliphatic rings. The third-order valence-corrected chi connectivity index (χ3v) is 4.65. The smallest absolute Gasteiger partial charge is 0.231 e. The molecule has 0 heterocycles. The lowest BCUT2D eigenvalue weighted by Crippen LogP contribution is -2.49. The molecule has 2 aromatic rings. The third kappa shape index (κ3) is 2.73. The second-order valence-corrected chi connectivity index (χ2v) is 6.16. The van der Waals surface area contributed by atoms with Gasteiger partial charge in [-0.05, 0) is 36.6 Å². The van der Waals surface area contributed by atoms with E-state index in [-0.39, 0.29) is 11.7 Å². The summed E-state index contributed by atoms with van der Waals surface area (Å²) in [5.41, 5.74) is 0.772. The van der Waals surface area contributed by atoms with Crippen LogP contribution in [0.5, 0.6) is 0 Å². The summed E-state index contributed by atoms with van der Waals surface area (Å²) in [5, 5.41) is 3.60. The van der Waals surface area contributed by atoms with Crippen molar-refractivity contribution < 1.29 is 9.18 Å². The predicted molar refractivity (Wildman–Crippen MR) is 85.2 cm³/mol. The molecule has 1 saturated carbocycles. The minimum Gasteiger partial charge on any atom is -0.351 e. The number of carbonyl (C=O) groups is 1. The number of nitrogens with one attached hydrogen (secondary N) is 1. The minimum absolute atomic E-state index is 0.0983. The van der Waals surface area contributed by atoms with Gasteiger partial charge in [-0.2, -0.15) is 0 Å². The molecule has 0 aromatic heterocycles. The number of rotatable bonds is 4. The van der Waals surface area contributed by atoms with Crippen molar-refractivity contribution in [1.29, 1.82) is 0 Å². The zero-order chi connectivity index (χ0) is 15.6. The molecule has 0 unspecified atom stereocenters. The van der Waals surface area contributed by atoms with Crippen molar-refractivity contribution in [3.05, 3.63) is 70.5 Å². The van der Waals surface area contributed by atoms with Crippen molar-refractivity contribution in [1.82, 2.24) is 5.32 Å². The molecule has 3 rings (SSSR count). The zero-order valence-electron chi connectivity index (χ0n) is 12.1. The summed E-state index contributed by atoms with van der Waals surface area (Å²) < 4.78 is 14.1. The second kappa shape index (κ2) is 6.09. The summed E-state index contributed by atoms with van der Waals surface area (Å²) in [6.07, 6.45) is 2.34. The van der Waals surface area contributed by atoms with Gasteiger partial charge in [0, 0.05) is 17.1 Å². The van der Waals surface area contributed by atoms with Crippen molar-refractivity contribution in [3.63, 3.8) is 0 Å². The number of benzene rings is 2. The highest BCUT2D eigenvalue weighted by Crippen LogP contribution is 2.44. The van der Waals surface area contributed by atoms with Crippen molar-refractivity contribution in [3.8, 4) is 0 Å². The summed E-state index contributed by atoms with van der Waals surface area (Å²) in [7, 11) is 0. The van der Waals surface area contributed by atoms with Crippen LogP contribution in [0.3, 0.4) is 0 Å². The quantitative estimate of drug-likeness (QED) is 0.899. The monoisotopic (exact) mass is 317 g/mol. The van der Waals surface area contributed by atoms with E-state index in [1.807, 2.05) is 12.1 Å². The molecule has 0 aliphatic heterocycles. The van der Waals surface area contributed by atoms with Gasteiger partial charge < -0.3 is 5.32 Å². The van der Waals surface area contributed by atoms with E-state index in [9.17, 15) is 9.18 Å². The zero-order valence-corrected chi connectivity index (χ0v) is 12.9. The molecule has 0 atom stereocenters. The molecule has 114 valence electrons. The first-order valence-electron chi connectivity index (χ1n) is 7.40. The van der Waals surface area contributed by atoms with Gasteiger partial charge in [-0.25, -0.2) is 4.39 Å². The van der Waals surface area contributed by atoms with Crippen molar-refractivity contribution in [2.24, 2.45) is 0 Å². The maximum Gasteiger partial charge on any atom is 0.231 e. The highest BCUT2D eigenvalue weighted by Gasteiger charge is 2.46. The fourth-order valence-corrected chi connectivity index (χ4v) is 3.08. The van der Waals surface area contributed by atoms with Gasteiger partial charge in [0.05, 0.1) is 5.41 Å². The molecular weight excluding hydrogens is 301 g/mol. The summed E-state index contributed by atoms with van der Waals surface area (Å²) >= 11 is 5.85. The number of hydrogen-bond acceptors (Lipinski definition) is 1. The first-order chi connectivity index (χ1) is 10.6. The molecule has 0 saturated heterocycles. The molecule has 1 amide bonds. The molecule has 0 bridgehead atoms. The van der Waals surface area contributed by atoms with Crippen LogP contribution in [0, 0.1) is 5.82 Å². The Hall–Kier alpha value is -1.87. The van der Waals surface area contributed by atoms with Crippen molar-refractivity contribution in [2.45, 2.75) is 31.2 Å². The Bertz CT molecular complexity index is 680. The Labute approximate surface area is 134 Å². The number of amides is 1. The van der Waals surface area contributed by atoms with Gasteiger partial charge in [0.2, 0.25) is 5.91 Å². The van der Waals surface area contributed by atoms with Crippen LogP contribution in [0.25, 0.3) is 0 Å². The van der Waals surface area contributed by atoms with Gasteiger partial charge in [-0.3, -0.25) is 4.79 Å². The van der Waals surface area contributed by atoms with Gasteiger partial charge in [-0.1, -0.05) is 48.4 Å². The Morgan fingerprint density at radius 2 is 1.82 bits per heavy atom. The number of carbonyl (C=O) groups excluding carboxylic acids is 1. The molecule has 4 heteroatoms. The van der Waals surface area contributed by atoms with Crippen molar-refractivity contribution >= 4 is 17.5 Å². The molecule has 22 heavy (non-hydrogen) atoms. The lowest BCUT2D eigenvalue weighted by atomic mass is 9.63. The van der Waals surface area contributed by atoms with E-state index in [2.05, 4.69) is 5.32 Å². The van der Waals surface area contributed by atoms with Crippen LogP contribution in [0.1, 0.15) is 30.4 Å². The fourth-order valence-electron chi connectivity index (χ4n) is 2.95. The first-order valence-corrected chi connectivity index (χ1v) is 7.77. The van der Waals surface area contributed by atoms with Gasteiger partial charge in [0.1, 0.15) is 5.82 Å². The predicted octanol–water partition coefficient (Wildman–Crippen LogP) is 4.22. The summed E-state index contributed by atoms with van der Waals surface area (Å²) in [6, 6.07) is 13.9. The molecule has 0 spiro atoms. The molecule has 1 aliphatic carbocycles. The van der Waals surface area contributed by atoms with E-state index in [1.165, 1.54) is 6.07 Å². The third-order valence-electron chi connectivity index (χ3n) is 4.40.